The molecule has 4 aliphatic heterocycles. The maximum atomic E-state index is 13.9. The molecule has 0 radical (unpaired) electrons. The number of fused-ring (bicyclic) bond motifs is 2. The smallest absolute Gasteiger partial charge is 0.318 e. The predicted octanol–water partition coefficient (Wildman–Crippen LogP) is 3.77. The number of anilines is 2. The molecule has 0 N–H and O–H groups in total. The maximum Gasteiger partial charge on any atom is 0.318 e. The molecular weight excluding hydrogens is 630 g/mol. The minimum atomic E-state index is -1.01. The highest BCUT2D eigenvalue weighted by molar-refractivity contribution is 8.08. The lowest BCUT2D eigenvalue weighted by molar-refractivity contribution is -0.131. The Balaban J connectivity index is 1.18. The zero-order valence-corrected chi connectivity index (χ0v) is 28.8. The molecule has 3 fully saturated rings. The second kappa shape index (κ2) is 12.8. The number of ether oxygens (including phenoxy) is 1. The van der Waals surface area contributed by atoms with E-state index in [2.05, 4.69) is 83.4 Å². The van der Waals surface area contributed by atoms with Gasteiger partial charge in [-0.15, -0.1) is 11.8 Å². The number of carbonyl (C=O) groups is 1. The van der Waals surface area contributed by atoms with Gasteiger partial charge in [0, 0.05) is 67.8 Å². The summed E-state index contributed by atoms with van der Waals surface area (Å²) >= 11 is 1.91. The number of halogens is 1. The number of likely N-dealkylation sites (N-methyl/N-ethyl adjacent to an activating group) is 2. The molecular formula is C35H42FN9O2S. The molecule has 1 amide bonds. The average Bonchev–Trinajstić information content (AvgIpc) is 3.75. The van der Waals surface area contributed by atoms with Crippen molar-refractivity contribution < 1.29 is 13.9 Å². The van der Waals surface area contributed by atoms with Gasteiger partial charge in [-0.2, -0.15) is 15.2 Å². The van der Waals surface area contributed by atoms with Gasteiger partial charge in [0.15, 0.2) is 5.83 Å². The number of rotatable bonds is 9. The molecule has 3 aromatic rings. The molecule has 11 nitrogen and oxygen atoms in total. The number of carbonyl (C=O) groups excluding carboxylic acids is 1. The zero-order chi connectivity index (χ0) is 33.7. The lowest BCUT2D eigenvalue weighted by atomic mass is 10.0. The molecule has 3 atom stereocenters. The summed E-state index contributed by atoms with van der Waals surface area (Å²) in [4.78, 5) is 37.8. The quantitative estimate of drug-likeness (QED) is 0.245. The third-order valence-corrected chi connectivity index (χ3v) is 12.2. The Kier molecular flexibility index (Phi) is 8.68. The van der Waals surface area contributed by atoms with E-state index >= 15 is 0 Å². The van der Waals surface area contributed by atoms with Crippen molar-refractivity contribution >= 4 is 39.9 Å². The molecule has 6 heterocycles. The zero-order valence-electron chi connectivity index (χ0n) is 28.0. The van der Waals surface area contributed by atoms with Crippen LogP contribution in [0.5, 0.6) is 6.01 Å². The van der Waals surface area contributed by atoms with Crippen LogP contribution in [0.25, 0.3) is 10.8 Å². The number of pyridine rings is 1. The number of aryl methyl sites for hydroxylation is 1. The number of hydrogen-bond acceptors (Lipinski definition) is 11. The third-order valence-electron chi connectivity index (χ3n) is 10.5. The predicted molar refractivity (Wildman–Crippen MR) is 186 cm³/mol. The van der Waals surface area contributed by atoms with E-state index in [1.54, 1.807) is 0 Å². The summed E-state index contributed by atoms with van der Waals surface area (Å²) in [7, 11) is 4.35. The van der Waals surface area contributed by atoms with Crippen molar-refractivity contribution in [3.63, 3.8) is 0 Å². The Morgan fingerprint density at radius 3 is 2.77 bits per heavy atom. The van der Waals surface area contributed by atoms with E-state index < -0.39 is 17.8 Å². The van der Waals surface area contributed by atoms with Crippen LogP contribution in [0, 0.1) is 18.3 Å². The molecule has 1 aromatic carbocycles. The van der Waals surface area contributed by atoms with Gasteiger partial charge in [-0.05, 0) is 39.9 Å². The first-order valence-electron chi connectivity index (χ1n) is 16.5. The lowest BCUT2D eigenvalue weighted by Crippen LogP contribution is -2.59. The Morgan fingerprint density at radius 1 is 1.21 bits per heavy atom. The lowest BCUT2D eigenvalue weighted by Gasteiger charge is -2.44. The largest absolute Gasteiger partial charge is 0.462 e. The van der Waals surface area contributed by atoms with E-state index in [0.717, 1.165) is 47.8 Å². The normalized spacial score (nSPS) is 24.3. The van der Waals surface area contributed by atoms with Gasteiger partial charge in [-0.1, -0.05) is 24.8 Å². The Labute approximate surface area is 285 Å². The van der Waals surface area contributed by atoms with Crippen LogP contribution in [0.15, 0.2) is 43.0 Å². The van der Waals surface area contributed by atoms with Gasteiger partial charge in [0.1, 0.15) is 12.4 Å². The number of likely N-dealkylation sites (tertiary alicyclic amines) is 1. The van der Waals surface area contributed by atoms with Crippen molar-refractivity contribution in [1.29, 1.82) is 5.26 Å². The van der Waals surface area contributed by atoms with Crippen molar-refractivity contribution in [1.82, 2.24) is 29.7 Å². The number of hydrogen-bond donors (Lipinski definition) is 0. The topological polar surface area (TPSA) is 105 Å². The molecule has 4 aliphatic rings. The summed E-state index contributed by atoms with van der Waals surface area (Å²) in [5, 5.41) is 12.1. The number of amides is 1. The molecule has 0 spiro atoms. The molecule has 2 aromatic heterocycles. The first-order valence-corrected chi connectivity index (χ1v) is 17.4. The highest BCUT2D eigenvalue weighted by Gasteiger charge is 2.57. The first kappa shape index (κ1) is 32.6. The Bertz CT molecular complexity index is 1790. The summed E-state index contributed by atoms with van der Waals surface area (Å²) in [6, 6.07) is 8.82. The fourth-order valence-corrected chi connectivity index (χ4v) is 8.68. The minimum absolute atomic E-state index is 0.00674. The van der Waals surface area contributed by atoms with Crippen LogP contribution >= 0.6 is 11.8 Å². The second-order valence-electron chi connectivity index (χ2n) is 13.6. The fraction of sp³-hybridized carbons (Fsp3) is 0.514. The van der Waals surface area contributed by atoms with Gasteiger partial charge in [-0.25, -0.2) is 4.39 Å². The van der Waals surface area contributed by atoms with Gasteiger partial charge >= 0.3 is 6.01 Å². The number of piperazine rings is 1. The number of nitrogens with zero attached hydrogens (tertiary/aromatic N) is 9. The Morgan fingerprint density at radius 2 is 2.02 bits per heavy atom. The molecule has 13 heteroatoms. The molecule has 3 saturated heterocycles. The van der Waals surface area contributed by atoms with E-state index in [1.807, 2.05) is 24.2 Å². The number of aromatic nitrogens is 3. The minimum Gasteiger partial charge on any atom is -0.462 e. The standard InChI is InChI=1S/C35H42FN9O2S/c1-22-7-6-8-24-15-38-16-29(31(22)24)43-12-10-27-28(20-43)39-34(47-21-30-35(3,48-30)42(5)26-17-41(4)18-26)40-32(27)44-13-14-45(33(46)23(2)36)25(19-44)9-11-37/h6-8,15-16,25-26,30H,2,9-10,12-14,17-21H2,1,3-5H3/t25-,30?,35-/m0/s1. The number of thioether (sulfide) groups is 1. The molecule has 0 bridgehead atoms. The van der Waals surface area contributed by atoms with E-state index in [0.29, 0.717) is 50.0 Å². The van der Waals surface area contributed by atoms with Crippen LogP contribution in [0.2, 0.25) is 0 Å². The Hall–Kier alpha value is -3.99. The van der Waals surface area contributed by atoms with Crippen molar-refractivity contribution in [2.24, 2.45) is 0 Å². The highest BCUT2D eigenvalue weighted by Crippen LogP contribution is 2.56. The van der Waals surface area contributed by atoms with E-state index in [4.69, 9.17) is 14.7 Å². The van der Waals surface area contributed by atoms with Crippen molar-refractivity contribution in [2.75, 3.05) is 69.8 Å². The molecule has 7 rings (SSSR count). The van der Waals surface area contributed by atoms with Gasteiger partial charge in [0.2, 0.25) is 0 Å². The van der Waals surface area contributed by atoms with Gasteiger partial charge < -0.3 is 24.3 Å². The number of benzene rings is 1. The van der Waals surface area contributed by atoms with Crippen LogP contribution < -0.4 is 14.5 Å². The molecule has 48 heavy (non-hydrogen) atoms. The van der Waals surface area contributed by atoms with E-state index in [1.165, 1.54) is 15.8 Å². The van der Waals surface area contributed by atoms with Gasteiger partial charge in [-0.3, -0.25) is 14.7 Å². The molecule has 0 saturated carbocycles. The fourth-order valence-electron chi connectivity index (χ4n) is 7.49. The second-order valence-corrected chi connectivity index (χ2v) is 15.2. The monoisotopic (exact) mass is 671 g/mol. The summed E-state index contributed by atoms with van der Waals surface area (Å²) in [6.07, 6.45) is 4.62. The summed E-state index contributed by atoms with van der Waals surface area (Å²) < 4.78 is 20.3. The highest BCUT2D eigenvalue weighted by atomic mass is 32.2. The van der Waals surface area contributed by atoms with Gasteiger partial charge in [0.05, 0.1) is 52.8 Å². The summed E-state index contributed by atoms with van der Waals surface area (Å²) in [5.41, 5.74) is 4.19. The number of nitriles is 1. The van der Waals surface area contributed by atoms with Crippen LogP contribution in [-0.2, 0) is 17.8 Å². The molecule has 1 unspecified atom stereocenters. The first-order chi connectivity index (χ1) is 23.1. The van der Waals surface area contributed by atoms with E-state index in [9.17, 15) is 14.4 Å². The van der Waals surface area contributed by atoms with Crippen molar-refractivity contribution in [2.45, 2.75) is 55.4 Å². The van der Waals surface area contributed by atoms with Crippen LogP contribution in [-0.4, -0.2) is 118 Å². The summed E-state index contributed by atoms with van der Waals surface area (Å²) in [5.74, 6) is -1.02. The third kappa shape index (κ3) is 5.95. The van der Waals surface area contributed by atoms with Crippen LogP contribution in [0.1, 0.15) is 30.2 Å². The van der Waals surface area contributed by atoms with Crippen molar-refractivity contribution in [3.05, 3.63) is 59.8 Å². The molecule has 252 valence electrons. The molecule has 0 aliphatic carbocycles. The van der Waals surface area contributed by atoms with Crippen LogP contribution in [0.4, 0.5) is 15.9 Å². The SMILES string of the molecule is C=C(F)C(=O)N1CCN(c2nc(OCC3S[C@]3(C)N(C)C3CN(C)C3)nc3c2CCN(c2cncc4cccc(C)c24)C3)C[C@@H]1CC#N. The van der Waals surface area contributed by atoms with Crippen LogP contribution in [0.3, 0.4) is 0 Å². The van der Waals surface area contributed by atoms with Crippen molar-refractivity contribution in [3.8, 4) is 12.1 Å². The average molecular weight is 672 g/mol. The summed E-state index contributed by atoms with van der Waals surface area (Å²) in [6.45, 7) is 12.6. The van der Waals surface area contributed by atoms with E-state index in [-0.39, 0.29) is 17.8 Å². The van der Waals surface area contributed by atoms with Gasteiger partial charge in [0.25, 0.3) is 5.91 Å². The maximum absolute atomic E-state index is 13.9.